The number of rotatable bonds is 6. The molecule has 0 fully saturated rings. The first kappa shape index (κ1) is 21.3. The Labute approximate surface area is 198 Å². The number of Topliss-reactive ketones (excluding diaryl/α,β-unsaturated/α-hetero) is 1. The standard InChI is InChI=1S/C29H24N4O/c1-18(2)24-26(20-11-6-4-7-12-20)32-28(30-24)22-15-10-16-23(17-22)29-31-25(19(3)34)27(33-29)21-13-8-5-9-14-21/h4-17H,1H2,2-3H3,(H,30,32)(H,31,33). The van der Waals surface area contributed by atoms with Gasteiger partial charge in [0, 0.05) is 29.2 Å². The first-order valence-corrected chi connectivity index (χ1v) is 11.1. The maximum absolute atomic E-state index is 12.3. The van der Waals surface area contributed by atoms with E-state index in [-0.39, 0.29) is 5.78 Å². The minimum Gasteiger partial charge on any atom is -0.337 e. The quantitative estimate of drug-likeness (QED) is 0.276. The number of carbonyl (C=O) groups excluding carboxylic acids is 1. The zero-order valence-corrected chi connectivity index (χ0v) is 19.1. The van der Waals surface area contributed by atoms with Crippen molar-refractivity contribution in [3.8, 4) is 45.3 Å². The molecular weight excluding hydrogens is 420 g/mol. The van der Waals surface area contributed by atoms with Gasteiger partial charge in [0.2, 0.25) is 0 Å². The average molecular weight is 445 g/mol. The van der Waals surface area contributed by atoms with Crippen LogP contribution in [0, 0.1) is 0 Å². The first-order valence-electron chi connectivity index (χ1n) is 11.1. The Balaban J connectivity index is 1.58. The SMILES string of the molecule is C=C(C)c1nc(-c2cccc(-c3nc(-c4ccccc4)c(C(C)=O)[nH]3)c2)[nH]c1-c1ccccc1. The third-order valence-electron chi connectivity index (χ3n) is 5.68. The highest BCUT2D eigenvalue weighted by Gasteiger charge is 2.18. The lowest BCUT2D eigenvalue weighted by Gasteiger charge is -2.02. The van der Waals surface area contributed by atoms with Crippen molar-refractivity contribution >= 4 is 11.4 Å². The summed E-state index contributed by atoms with van der Waals surface area (Å²) in [7, 11) is 0. The number of ketones is 1. The molecule has 2 heterocycles. The summed E-state index contributed by atoms with van der Waals surface area (Å²) in [5.41, 5.74) is 7.58. The van der Waals surface area contributed by atoms with Gasteiger partial charge in [-0.1, -0.05) is 85.4 Å². The molecule has 34 heavy (non-hydrogen) atoms. The Morgan fingerprint density at radius 1 is 0.706 bits per heavy atom. The number of imidazole rings is 2. The minimum absolute atomic E-state index is 0.0570. The summed E-state index contributed by atoms with van der Waals surface area (Å²) in [5.74, 6) is 1.33. The molecule has 5 aromatic rings. The highest BCUT2D eigenvalue weighted by Crippen LogP contribution is 2.32. The summed E-state index contributed by atoms with van der Waals surface area (Å²) in [5, 5.41) is 0. The Morgan fingerprint density at radius 3 is 1.85 bits per heavy atom. The van der Waals surface area contributed by atoms with Gasteiger partial charge in [0.1, 0.15) is 17.3 Å². The second-order valence-corrected chi connectivity index (χ2v) is 8.27. The van der Waals surface area contributed by atoms with Gasteiger partial charge in [-0.3, -0.25) is 4.79 Å². The monoisotopic (exact) mass is 444 g/mol. The van der Waals surface area contributed by atoms with E-state index >= 15 is 0 Å². The lowest BCUT2D eigenvalue weighted by molar-refractivity contribution is 0.101. The maximum atomic E-state index is 12.3. The summed E-state index contributed by atoms with van der Waals surface area (Å²) in [6, 6.07) is 27.8. The molecule has 0 saturated carbocycles. The second-order valence-electron chi connectivity index (χ2n) is 8.27. The minimum atomic E-state index is -0.0570. The number of hydrogen-bond acceptors (Lipinski definition) is 3. The van der Waals surface area contributed by atoms with Crippen molar-refractivity contribution in [2.75, 3.05) is 0 Å². The van der Waals surface area contributed by atoms with Crippen molar-refractivity contribution in [3.63, 3.8) is 0 Å². The molecule has 166 valence electrons. The predicted octanol–water partition coefficient (Wildman–Crippen LogP) is 7.04. The van der Waals surface area contributed by atoms with E-state index in [4.69, 9.17) is 9.97 Å². The molecule has 3 aromatic carbocycles. The molecule has 2 aromatic heterocycles. The molecule has 5 nitrogen and oxygen atoms in total. The van der Waals surface area contributed by atoms with E-state index in [2.05, 4.69) is 28.7 Å². The molecule has 2 N–H and O–H groups in total. The fourth-order valence-corrected chi connectivity index (χ4v) is 4.02. The molecule has 0 bridgehead atoms. The Morgan fingerprint density at radius 2 is 1.26 bits per heavy atom. The summed E-state index contributed by atoms with van der Waals surface area (Å²) in [6.45, 7) is 7.62. The van der Waals surface area contributed by atoms with Crippen molar-refractivity contribution in [1.29, 1.82) is 0 Å². The van der Waals surface area contributed by atoms with Crippen molar-refractivity contribution in [3.05, 3.63) is 103 Å². The van der Waals surface area contributed by atoms with Crippen LogP contribution in [0.3, 0.4) is 0 Å². The molecule has 0 radical (unpaired) electrons. The van der Waals surface area contributed by atoms with Gasteiger partial charge in [-0.25, -0.2) is 9.97 Å². The number of carbonyl (C=O) groups is 1. The van der Waals surface area contributed by atoms with Gasteiger partial charge in [-0.2, -0.15) is 0 Å². The molecule has 0 unspecified atom stereocenters. The molecular formula is C29H24N4O. The molecule has 5 heteroatoms. The van der Waals surface area contributed by atoms with E-state index in [9.17, 15) is 4.79 Å². The van der Waals surface area contributed by atoms with E-state index < -0.39 is 0 Å². The summed E-state index contributed by atoms with van der Waals surface area (Å²) < 4.78 is 0. The van der Waals surface area contributed by atoms with Gasteiger partial charge < -0.3 is 9.97 Å². The normalized spacial score (nSPS) is 10.9. The van der Waals surface area contributed by atoms with Crippen LogP contribution in [-0.2, 0) is 0 Å². The number of hydrogen-bond donors (Lipinski definition) is 2. The molecule has 0 aliphatic carbocycles. The van der Waals surface area contributed by atoms with Gasteiger partial charge in [0.15, 0.2) is 5.78 Å². The van der Waals surface area contributed by atoms with E-state index in [1.807, 2.05) is 79.7 Å². The smallest absolute Gasteiger partial charge is 0.178 e. The number of H-pyrrole nitrogens is 2. The lowest BCUT2D eigenvalue weighted by Crippen LogP contribution is -1.95. The van der Waals surface area contributed by atoms with Crippen molar-refractivity contribution in [2.45, 2.75) is 13.8 Å². The van der Waals surface area contributed by atoms with E-state index in [1.165, 1.54) is 0 Å². The van der Waals surface area contributed by atoms with Crippen LogP contribution in [0.4, 0.5) is 0 Å². The van der Waals surface area contributed by atoms with E-state index in [0.717, 1.165) is 45.0 Å². The van der Waals surface area contributed by atoms with E-state index in [0.29, 0.717) is 17.2 Å². The van der Waals surface area contributed by atoms with Crippen LogP contribution in [0.2, 0.25) is 0 Å². The third kappa shape index (κ3) is 3.99. The molecule has 0 amide bonds. The van der Waals surface area contributed by atoms with Gasteiger partial charge in [-0.05, 0) is 18.6 Å². The maximum Gasteiger partial charge on any atom is 0.178 e. The van der Waals surface area contributed by atoms with Crippen LogP contribution in [0.15, 0.2) is 91.5 Å². The summed E-state index contributed by atoms with van der Waals surface area (Å²) >= 11 is 0. The van der Waals surface area contributed by atoms with Crippen molar-refractivity contribution in [1.82, 2.24) is 19.9 Å². The van der Waals surface area contributed by atoms with Crippen LogP contribution in [0.5, 0.6) is 0 Å². The molecule has 5 rings (SSSR count). The third-order valence-corrected chi connectivity index (χ3v) is 5.68. The molecule has 0 aliphatic rings. The Kier molecular flexibility index (Phi) is 5.52. The average Bonchev–Trinajstić information content (AvgIpc) is 3.51. The number of aromatic nitrogens is 4. The number of nitrogens with one attached hydrogen (secondary N) is 2. The van der Waals surface area contributed by atoms with Crippen LogP contribution in [-0.4, -0.2) is 25.7 Å². The molecule has 0 spiro atoms. The van der Waals surface area contributed by atoms with Gasteiger partial charge in [0.05, 0.1) is 17.1 Å². The van der Waals surface area contributed by atoms with Gasteiger partial charge in [-0.15, -0.1) is 0 Å². The number of aromatic amines is 2. The van der Waals surface area contributed by atoms with Crippen LogP contribution in [0.1, 0.15) is 30.0 Å². The fraction of sp³-hybridized carbons (Fsp3) is 0.0690. The van der Waals surface area contributed by atoms with Gasteiger partial charge in [0.25, 0.3) is 0 Å². The lowest BCUT2D eigenvalue weighted by atomic mass is 10.1. The zero-order valence-electron chi connectivity index (χ0n) is 19.1. The van der Waals surface area contributed by atoms with Crippen molar-refractivity contribution < 1.29 is 4.79 Å². The number of nitrogens with zero attached hydrogens (tertiary/aromatic N) is 2. The Hall–Kier alpha value is -4.51. The Bertz CT molecular complexity index is 1380. The van der Waals surface area contributed by atoms with Crippen LogP contribution >= 0.6 is 0 Å². The van der Waals surface area contributed by atoms with Gasteiger partial charge >= 0.3 is 0 Å². The molecule has 0 aliphatic heterocycles. The van der Waals surface area contributed by atoms with Crippen LogP contribution in [0.25, 0.3) is 50.9 Å². The number of benzene rings is 3. The highest BCUT2D eigenvalue weighted by atomic mass is 16.1. The molecule has 0 atom stereocenters. The highest BCUT2D eigenvalue weighted by molar-refractivity contribution is 5.99. The van der Waals surface area contributed by atoms with Crippen molar-refractivity contribution in [2.24, 2.45) is 0 Å². The number of allylic oxidation sites excluding steroid dienone is 1. The second kappa shape index (κ2) is 8.79. The topological polar surface area (TPSA) is 74.4 Å². The summed E-state index contributed by atoms with van der Waals surface area (Å²) in [6.07, 6.45) is 0. The summed E-state index contributed by atoms with van der Waals surface area (Å²) in [4.78, 5) is 28.7. The first-order chi connectivity index (χ1) is 16.5. The predicted molar refractivity (Wildman–Crippen MR) is 137 cm³/mol. The largest absolute Gasteiger partial charge is 0.337 e. The van der Waals surface area contributed by atoms with E-state index in [1.54, 1.807) is 6.92 Å². The fourth-order valence-electron chi connectivity index (χ4n) is 4.02. The van der Waals surface area contributed by atoms with Crippen LogP contribution < -0.4 is 0 Å². The molecule has 0 saturated heterocycles. The zero-order chi connectivity index (χ0) is 23.7.